The van der Waals surface area contributed by atoms with E-state index >= 15 is 0 Å². The molecule has 108 valence electrons. The maximum atomic E-state index is 10.4. The first-order chi connectivity index (χ1) is 10.1. The Kier molecular flexibility index (Phi) is 4.30. The van der Waals surface area contributed by atoms with Crippen LogP contribution in [0.5, 0.6) is 0 Å². The summed E-state index contributed by atoms with van der Waals surface area (Å²) in [6, 6.07) is 10.6. The van der Waals surface area contributed by atoms with Crippen LogP contribution in [0.2, 0.25) is 0 Å². The van der Waals surface area contributed by atoms with Gasteiger partial charge in [-0.05, 0) is 18.2 Å². The summed E-state index contributed by atoms with van der Waals surface area (Å²) in [6.45, 7) is -0.234. The Bertz CT molecular complexity index is 673. The summed E-state index contributed by atoms with van der Waals surface area (Å²) in [7, 11) is 0. The summed E-state index contributed by atoms with van der Waals surface area (Å²) in [5.41, 5.74) is 12.7. The van der Waals surface area contributed by atoms with E-state index in [1.807, 2.05) is 18.2 Å². The molecule has 0 aliphatic carbocycles. The number of nitrogens with two attached hydrogens (primary N) is 2. The monoisotopic (exact) mass is 287 g/mol. The van der Waals surface area contributed by atoms with Crippen LogP contribution in [0, 0.1) is 0 Å². The van der Waals surface area contributed by atoms with E-state index in [4.69, 9.17) is 16.6 Å². The topological polar surface area (TPSA) is 136 Å². The molecule has 1 aromatic carbocycles. The predicted octanol–water partition coefficient (Wildman–Crippen LogP) is 2.86. The third kappa shape index (κ3) is 3.90. The van der Waals surface area contributed by atoms with Crippen LogP contribution in [-0.2, 0) is 11.3 Å². The summed E-state index contributed by atoms with van der Waals surface area (Å²) in [6.07, 6.45) is -1.40. The van der Waals surface area contributed by atoms with Crippen molar-refractivity contribution in [3.63, 3.8) is 0 Å². The molecule has 0 radical (unpaired) electrons. The number of azo groups is 1. The molecular weight excluding hydrogens is 274 g/mol. The maximum Gasteiger partial charge on any atom is 0.506 e. The minimum Gasteiger partial charge on any atom is -0.450 e. The van der Waals surface area contributed by atoms with Gasteiger partial charge in [0.1, 0.15) is 18.1 Å². The van der Waals surface area contributed by atoms with E-state index in [9.17, 15) is 4.79 Å². The van der Waals surface area contributed by atoms with Crippen molar-refractivity contribution in [2.45, 2.75) is 6.61 Å². The standard InChI is InChI=1S/C13H13N5O3/c14-11-8(7-21-13(19)20)6-10(12(15)16-11)18-17-9-4-2-1-3-5-9/h1-6H,7H2,(H,19,20)(H4,14,15,16)/b18-17+. The number of hydrogen-bond donors (Lipinski definition) is 3. The summed E-state index contributed by atoms with van der Waals surface area (Å²) in [4.78, 5) is 14.3. The summed E-state index contributed by atoms with van der Waals surface area (Å²) >= 11 is 0. The Balaban J connectivity index is 2.24. The number of ether oxygens (including phenoxy) is 1. The second kappa shape index (κ2) is 6.33. The van der Waals surface area contributed by atoms with Crippen LogP contribution in [0.4, 0.5) is 27.8 Å². The average molecular weight is 287 g/mol. The van der Waals surface area contributed by atoms with Crippen molar-refractivity contribution in [3.8, 4) is 0 Å². The van der Waals surface area contributed by atoms with Gasteiger partial charge >= 0.3 is 6.16 Å². The highest BCUT2D eigenvalue weighted by Gasteiger charge is 2.09. The number of aromatic nitrogens is 1. The largest absolute Gasteiger partial charge is 0.506 e. The highest BCUT2D eigenvalue weighted by atomic mass is 16.7. The molecule has 2 aromatic rings. The number of anilines is 2. The molecule has 0 atom stereocenters. The molecule has 0 saturated carbocycles. The van der Waals surface area contributed by atoms with Crippen molar-refractivity contribution in [3.05, 3.63) is 42.0 Å². The van der Waals surface area contributed by atoms with E-state index in [2.05, 4.69) is 19.9 Å². The van der Waals surface area contributed by atoms with Gasteiger partial charge in [0.05, 0.1) is 5.69 Å². The zero-order valence-electron chi connectivity index (χ0n) is 10.9. The first kappa shape index (κ1) is 14.3. The van der Waals surface area contributed by atoms with E-state index in [1.54, 1.807) is 12.1 Å². The van der Waals surface area contributed by atoms with Crippen LogP contribution in [0.3, 0.4) is 0 Å². The zero-order chi connectivity index (χ0) is 15.2. The van der Waals surface area contributed by atoms with Crippen LogP contribution in [0.25, 0.3) is 0 Å². The number of nitrogens with zero attached hydrogens (tertiary/aromatic N) is 3. The fraction of sp³-hybridized carbons (Fsp3) is 0.0769. The first-order valence-electron chi connectivity index (χ1n) is 5.93. The Labute approximate surface area is 120 Å². The second-order valence-electron chi connectivity index (χ2n) is 4.03. The molecule has 1 heterocycles. The number of nitrogen functional groups attached to an aromatic ring is 2. The molecule has 0 fully saturated rings. The third-order valence-electron chi connectivity index (χ3n) is 2.52. The molecule has 0 unspecified atom stereocenters. The fourth-order valence-corrected chi connectivity index (χ4v) is 1.51. The number of hydrogen-bond acceptors (Lipinski definition) is 7. The quantitative estimate of drug-likeness (QED) is 0.584. The number of pyridine rings is 1. The van der Waals surface area contributed by atoms with Crippen LogP contribution >= 0.6 is 0 Å². The van der Waals surface area contributed by atoms with Gasteiger partial charge in [-0.3, -0.25) is 0 Å². The lowest BCUT2D eigenvalue weighted by molar-refractivity contribution is 0.0855. The molecule has 0 bridgehead atoms. The third-order valence-corrected chi connectivity index (χ3v) is 2.52. The highest BCUT2D eigenvalue weighted by Crippen LogP contribution is 2.27. The number of carboxylic acid groups (broad SMARTS) is 1. The van der Waals surface area contributed by atoms with Gasteiger partial charge in [-0.15, -0.1) is 5.11 Å². The molecule has 5 N–H and O–H groups in total. The van der Waals surface area contributed by atoms with Crippen molar-refractivity contribution < 1.29 is 14.6 Å². The molecule has 1 aromatic heterocycles. The zero-order valence-corrected chi connectivity index (χ0v) is 10.9. The molecule has 8 heteroatoms. The number of carbonyl (C=O) groups is 1. The Morgan fingerprint density at radius 1 is 1.19 bits per heavy atom. The predicted molar refractivity (Wildman–Crippen MR) is 76.5 cm³/mol. The summed E-state index contributed by atoms with van der Waals surface area (Å²) < 4.78 is 4.45. The molecule has 0 saturated heterocycles. The summed E-state index contributed by atoms with van der Waals surface area (Å²) in [5, 5.41) is 16.5. The van der Waals surface area contributed by atoms with Gasteiger partial charge in [-0.1, -0.05) is 18.2 Å². The lowest BCUT2D eigenvalue weighted by atomic mass is 10.2. The maximum absolute atomic E-state index is 10.4. The van der Waals surface area contributed by atoms with E-state index in [1.165, 1.54) is 6.07 Å². The fourth-order valence-electron chi connectivity index (χ4n) is 1.51. The SMILES string of the molecule is Nc1nc(N)c(/N=N/c2ccccc2)cc1COC(=O)O. The minimum absolute atomic E-state index is 0.0902. The molecule has 8 nitrogen and oxygen atoms in total. The number of rotatable bonds is 4. The summed E-state index contributed by atoms with van der Waals surface area (Å²) in [5.74, 6) is 0.193. The average Bonchev–Trinajstić information content (AvgIpc) is 2.46. The smallest absolute Gasteiger partial charge is 0.450 e. The van der Waals surface area contributed by atoms with E-state index < -0.39 is 6.16 Å². The molecular formula is C13H13N5O3. The van der Waals surface area contributed by atoms with Gasteiger partial charge < -0.3 is 21.3 Å². The van der Waals surface area contributed by atoms with Crippen LogP contribution in [-0.4, -0.2) is 16.2 Å². The van der Waals surface area contributed by atoms with Crippen LogP contribution in [0.15, 0.2) is 46.6 Å². The van der Waals surface area contributed by atoms with E-state index in [0.717, 1.165) is 0 Å². The van der Waals surface area contributed by atoms with E-state index in [-0.39, 0.29) is 23.9 Å². The molecule has 0 amide bonds. The Morgan fingerprint density at radius 3 is 2.57 bits per heavy atom. The van der Waals surface area contributed by atoms with Gasteiger partial charge in [0.25, 0.3) is 0 Å². The van der Waals surface area contributed by atoms with Crippen molar-refractivity contribution in [1.29, 1.82) is 0 Å². The highest BCUT2D eigenvalue weighted by molar-refractivity contribution is 5.64. The van der Waals surface area contributed by atoms with Gasteiger partial charge in [-0.25, -0.2) is 9.78 Å². The molecule has 0 aliphatic rings. The Hall–Kier alpha value is -3.16. The van der Waals surface area contributed by atoms with Gasteiger partial charge in [0, 0.05) is 5.56 Å². The van der Waals surface area contributed by atoms with Crippen LogP contribution < -0.4 is 11.5 Å². The molecule has 0 aliphatic heterocycles. The second-order valence-corrected chi connectivity index (χ2v) is 4.03. The van der Waals surface area contributed by atoms with Crippen molar-refractivity contribution in [1.82, 2.24) is 4.98 Å². The lowest BCUT2D eigenvalue weighted by Crippen LogP contribution is -2.05. The first-order valence-corrected chi connectivity index (χ1v) is 5.93. The van der Waals surface area contributed by atoms with Crippen molar-refractivity contribution in [2.24, 2.45) is 10.2 Å². The number of benzene rings is 1. The minimum atomic E-state index is -1.40. The molecule has 21 heavy (non-hydrogen) atoms. The lowest BCUT2D eigenvalue weighted by Gasteiger charge is -2.07. The van der Waals surface area contributed by atoms with Crippen LogP contribution in [0.1, 0.15) is 5.56 Å². The normalized spacial score (nSPS) is 10.7. The van der Waals surface area contributed by atoms with Gasteiger partial charge in [0.15, 0.2) is 5.82 Å². The van der Waals surface area contributed by atoms with Crippen molar-refractivity contribution in [2.75, 3.05) is 11.5 Å². The van der Waals surface area contributed by atoms with E-state index in [0.29, 0.717) is 11.3 Å². The molecule has 0 spiro atoms. The van der Waals surface area contributed by atoms with Crippen molar-refractivity contribution >= 4 is 29.2 Å². The van der Waals surface area contributed by atoms with Gasteiger partial charge in [0.2, 0.25) is 0 Å². The van der Waals surface area contributed by atoms with Gasteiger partial charge in [-0.2, -0.15) is 5.11 Å². The molecule has 2 rings (SSSR count). The Morgan fingerprint density at radius 2 is 1.90 bits per heavy atom.